The Kier molecular flexibility index (Phi) is 3.23. The molecule has 0 radical (unpaired) electrons. The second-order valence-electron chi connectivity index (χ2n) is 4.96. The van der Waals surface area contributed by atoms with Crippen LogP contribution >= 0.6 is 11.8 Å². The van der Waals surface area contributed by atoms with Crippen molar-refractivity contribution in [3.05, 3.63) is 35.4 Å². The van der Waals surface area contributed by atoms with Crippen LogP contribution in [0.1, 0.15) is 46.9 Å². The molecular weight excluding hydrogens is 260 g/mol. The molecular formula is C15H16O3S. The summed E-state index contributed by atoms with van der Waals surface area (Å²) in [6.07, 6.45) is 2.80. The molecule has 1 aliphatic heterocycles. The van der Waals surface area contributed by atoms with Gasteiger partial charge in [-0.15, -0.1) is 11.8 Å². The van der Waals surface area contributed by atoms with Gasteiger partial charge in [-0.05, 0) is 12.2 Å². The van der Waals surface area contributed by atoms with Crippen LogP contribution in [0.2, 0.25) is 0 Å². The third kappa shape index (κ3) is 1.94. The summed E-state index contributed by atoms with van der Waals surface area (Å²) in [5.41, 5.74) is 1.03. The zero-order chi connectivity index (χ0) is 13.5. The second kappa shape index (κ2) is 4.76. The number of unbranched alkanes of at least 4 members (excludes halogenated alkanes) is 2. The Balaban J connectivity index is 1.81. The molecule has 1 saturated heterocycles. The molecule has 0 bridgehead atoms. The number of hydrogen-bond donors (Lipinski definition) is 0. The van der Waals surface area contributed by atoms with Crippen molar-refractivity contribution in [3.63, 3.8) is 0 Å². The van der Waals surface area contributed by atoms with Gasteiger partial charge in [-0.3, -0.25) is 9.59 Å². The van der Waals surface area contributed by atoms with E-state index in [0.29, 0.717) is 11.1 Å². The monoisotopic (exact) mass is 276 g/mol. The van der Waals surface area contributed by atoms with Crippen LogP contribution in [0.5, 0.6) is 0 Å². The van der Waals surface area contributed by atoms with Crippen molar-refractivity contribution in [1.29, 1.82) is 0 Å². The highest BCUT2D eigenvalue weighted by molar-refractivity contribution is 8.01. The van der Waals surface area contributed by atoms with Crippen LogP contribution in [0.4, 0.5) is 0 Å². The number of ether oxygens (including phenoxy) is 1. The fourth-order valence-corrected chi connectivity index (χ4v) is 3.83. The van der Waals surface area contributed by atoms with Gasteiger partial charge < -0.3 is 4.74 Å². The molecule has 100 valence electrons. The molecule has 2 unspecified atom stereocenters. The van der Waals surface area contributed by atoms with E-state index in [9.17, 15) is 9.59 Å². The van der Waals surface area contributed by atoms with E-state index in [0.717, 1.165) is 25.0 Å². The maximum absolute atomic E-state index is 12.5. The van der Waals surface area contributed by atoms with Crippen molar-refractivity contribution >= 4 is 23.3 Å². The largest absolute Gasteiger partial charge is 0.337 e. The molecule has 0 amide bonds. The minimum atomic E-state index is -0.904. The van der Waals surface area contributed by atoms with E-state index in [1.165, 1.54) is 11.8 Å². The number of carbonyl (C=O) groups excluding carboxylic acids is 2. The highest BCUT2D eigenvalue weighted by Crippen LogP contribution is 2.53. The van der Waals surface area contributed by atoms with E-state index < -0.39 is 11.0 Å². The van der Waals surface area contributed by atoms with Crippen molar-refractivity contribution in [1.82, 2.24) is 0 Å². The van der Waals surface area contributed by atoms with Crippen molar-refractivity contribution in [2.75, 3.05) is 5.75 Å². The molecule has 1 aliphatic carbocycles. The maximum Gasteiger partial charge on any atom is 0.211 e. The quantitative estimate of drug-likeness (QED) is 0.612. The van der Waals surface area contributed by atoms with Gasteiger partial charge in [0.15, 0.2) is 11.9 Å². The minimum absolute atomic E-state index is 0.0331. The summed E-state index contributed by atoms with van der Waals surface area (Å²) in [5, 5.41) is 0. The summed E-state index contributed by atoms with van der Waals surface area (Å²) in [4.78, 5) is 23.8. The molecule has 4 heteroatoms. The number of thioether (sulfide) groups is 1. The zero-order valence-corrected chi connectivity index (χ0v) is 11.7. The van der Waals surface area contributed by atoms with E-state index in [-0.39, 0.29) is 11.6 Å². The highest BCUT2D eigenvalue weighted by Gasteiger charge is 2.69. The van der Waals surface area contributed by atoms with Gasteiger partial charge in [-0.1, -0.05) is 44.0 Å². The molecule has 0 aromatic heterocycles. The first-order valence-electron chi connectivity index (χ1n) is 6.70. The van der Waals surface area contributed by atoms with Crippen molar-refractivity contribution in [3.8, 4) is 0 Å². The fourth-order valence-electron chi connectivity index (χ4n) is 2.52. The predicted octanol–water partition coefficient (Wildman–Crippen LogP) is 3.08. The number of hydrogen-bond acceptors (Lipinski definition) is 4. The number of carbonyl (C=O) groups is 2. The fraction of sp³-hybridized carbons (Fsp3) is 0.467. The van der Waals surface area contributed by atoms with Gasteiger partial charge in [0.25, 0.3) is 0 Å². The molecule has 1 aromatic carbocycles. The Hall–Kier alpha value is -1.13. The van der Waals surface area contributed by atoms with Crippen LogP contribution in [0, 0.1) is 0 Å². The van der Waals surface area contributed by atoms with Gasteiger partial charge >= 0.3 is 0 Å². The highest BCUT2D eigenvalue weighted by atomic mass is 32.2. The number of fused-ring (bicyclic) bond motifs is 2. The molecule has 0 saturated carbocycles. The number of Topliss-reactive ketones (excluding diaryl/α,β-unsaturated/α-hetero) is 2. The lowest BCUT2D eigenvalue weighted by atomic mass is 9.89. The van der Waals surface area contributed by atoms with Crippen molar-refractivity contribution in [2.24, 2.45) is 0 Å². The number of benzene rings is 1. The summed E-state index contributed by atoms with van der Waals surface area (Å²) in [6, 6.07) is 7.01. The van der Waals surface area contributed by atoms with Gasteiger partial charge in [0.2, 0.25) is 10.7 Å². The molecule has 19 heavy (non-hydrogen) atoms. The Morgan fingerprint density at radius 1 is 1.21 bits per heavy atom. The lowest BCUT2D eigenvalue weighted by molar-refractivity contribution is 0.0911. The minimum Gasteiger partial charge on any atom is -0.337 e. The predicted molar refractivity (Wildman–Crippen MR) is 74.7 cm³/mol. The Bertz CT molecular complexity index is 540. The summed E-state index contributed by atoms with van der Waals surface area (Å²) < 4.78 is 5.52. The summed E-state index contributed by atoms with van der Waals surface area (Å²) >= 11 is 1.50. The van der Waals surface area contributed by atoms with E-state index in [1.54, 1.807) is 24.3 Å². The van der Waals surface area contributed by atoms with Crippen LogP contribution in [-0.2, 0) is 4.74 Å². The lowest BCUT2D eigenvalue weighted by Gasteiger charge is -2.17. The molecule has 2 atom stereocenters. The summed E-state index contributed by atoms with van der Waals surface area (Å²) in [6.45, 7) is 2.14. The molecule has 1 heterocycles. The molecule has 2 aliphatic rings. The number of rotatable bonds is 5. The number of epoxide rings is 1. The smallest absolute Gasteiger partial charge is 0.211 e. The normalized spacial score (nSPS) is 27.9. The molecule has 1 aromatic rings. The molecule has 0 N–H and O–H groups in total. The third-order valence-corrected chi connectivity index (χ3v) is 5.05. The van der Waals surface area contributed by atoms with Gasteiger partial charge in [-0.2, -0.15) is 0 Å². The van der Waals surface area contributed by atoms with E-state index >= 15 is 0 Å². The van der Waals surface area contributed by atoms with Crippen LogP contribution in [0.15, 0.2) is 24.3 Å². The summed E-state index contributed by atoms with van der Waals surface area (Å²) in [5.74, 6) is 0.790. The van der Waals surface area contributed by atoms with Gasteiger partial charge in [0, 0.05) is 11.1 Å². The van der Waals surface area contributed by atoms with E-state index in [2.05, 4.69) is 6.92 Å². The molecule has 3 nitrogen and oxygen atoms in total. The number of ketones is 2. The molecule has 0 spiro atoms. The average Bonchev–Trinajstić information content (AvgIpc) is 3.18. The third-order valence-electron chi connectivity index (χ3n) is 3.64. The Labute approximate surface area is 116 Å². The van der Waals surface area contributed by atoms with Crippen molar-refractivity contribution < 1.29 is 14.3 Å². The maximum atomic E-state index is 12.5. The van der Waals surface area contributed by atoms with Gasteiger partial charge in [0.05, 0.1) is 0 Å². The first-order valence-corrected chi connectivity index (χ1v) is 7.69. The lowest BCUT2D eigenvalue weighted by Crippen LogP contribution is -2.34. The van der Waals surface area contributed by atoms with Crippen LogP contribution in [-0.4, -0.2) is 28.4 Å². The van der Waals surface area contributed by atoms with E-state index in [1.807, 2.05) is 0 Å². The first kappa shape index (κ1) is 12.9. The Morgan fingerprint density at radius 2 is 1.95 bits per heavy atom. The first-order chi connectivity index (χ1) is 9.20. The molecule has 3 rings (SSSR count). The van der Waals surface area contributed by atoms with Gasteiger partial charge in [0.1, 0.15) is 0 Å². The SMILES string of the molecule is CCCCCSC12OC1C(=O)c1ccccc1C2=O. The van der Waals surface area contributed by atoms with Crippen molar-refractivity contribution in [2.45, 2.75) is 37.2 Å². The average molecular weight is 276 g/mol. The second-order valence-corrected chi connectivity index (χ2v) is 6.26. The zero-order valence-electron chi connectivity index (χ0n) is 10.8. The molecule has 1 fully saturated rings. The Morgan fingerprint density at radius 3 is 2.68 bits per heavy atom. The van der Waals surface area contributed by atoms with E-state index in [4.69, 9.17) is 4.74 Å². The summed E-state index contributed by atoms with van der Waals surface area (Å²) in [7, 11) is 0. The van der Waals surface area contributed by atoms with Crippen LogP contribution < -0.4 is 0 Å². The van der Waals surface area contributed by atoms with Gasteiger partial charge in [-0.25, -0.2) is 0 Å². The van der Waals surface area contributed by atoms with Crippen LogP contribution in [0.3, 0.4) is 0 Å². The van der Waals surface area contributed by atoms with Crippen LogP contribution in [0.25, 0.3) is 0 Å². The standard InChI is InChI=1S/C15H16O3S/c1-2-3-6-9-19-15-13(17)11-8-5-4-7-10(11)12(16)14(15)18-15/h4-5,7-8,14H,2-3,6,9H2,1H3. The topological polar surface area (TPSA) is 46.7 Å².